The van der Waals surface area contributed by atoms with Crippen molar-refractivity contribution in [1.82, 2.24) is 5.32 Å². The number of benzene rings is 1. The van der Waals surface area contributed by atoms with Crippen LogP contribution in [0.4, 0.5) is 10.5 Å². The SMILES string of the molecule is Cc1cccc(N2C(=O)NC(=O)[C@@H](C=NCCC[NH+](C)C)C2=O)c1. The Morgan fingerprint density at radius 1 is 1.29 bits per heavy atom. The highest BCUT2D eigenvalue weighted by Crippen LogP contribution is 2.21. The van der Waals surface area contributed by atoms with E-state index in [0.29, 0.717) is 12.2 Å². The summed E-state index contributed by atoms with van der Waals surface area (Å²) in [4.78, 5) is 43.1. The molecule has 4 amide bonds. The molecule has 0 saturated carbocycles. The Bertz CT molecular complexity index is 670. The lowest BCUT2D eigenvalue weighted by Crippen LogP contribution is -3.05. The highest BCUT2D eigenvalue weighted by atomic mass is 16.2. The van der Waals surface area contributed by atoms with Gasteiger partial charge in [-0.25, -0.2) is 9.69 Å². The summed E-state index contributed by atoms with van der Waals surface area (Å²) in [5, 5.41) is 2.22. The Morgan fingerprint density at radius 2 is 2.04 bits per heavy atom. The molecule has 1 saturated heterocycles. The van der Waals surface area contributed by atoms with E-state index in [9.17, 15) is 14.4 Å². The second-order valence-corrected chi connectivity index (χ2v) is 6.15. The number of hydrogen-bond acceptors (Lipinski definition) is 4. The van der Waals surface area contributed by atoms with Gasteiger partial charge in [0.1, 0.15) is 0 Å². The number of barbiturate groups is 1. The quantitative estimate of drug-likeness (QED) is 0.430. The molecule has 128 valence electrons. The second-order valence-electron chi connectivity index (χ2n) is 6.15. The van der Waals surface area contributed by atoms with Crippen molar-refractivity contribution in [1.29, 1.82) is 0 Å². The van der Waals surface area contributed by atoms with Gasteiger partial charge in [-0.1, -0.05) is 12.1 Å². The maximum Gasteiger partial charge on any atom is 0.335 e. The molecule has 2 rings (SSSR count). The minimum Gasteiger partial charge on any atom is -0.340 e. The molecule has 0 bridgehead atoms. The summed E-state index contributed by atoms with van der Waals surface area (Å²) in [7, 11) is 4.10. The first-order valence-corrected chi connectivity index (χ1v) is 7.94. The second kappa shape index (κ2) is 7.83. The lowest BCUT2D eigenvalue weighted by Gasteiger charge is -2.28. The highest BCUT2D eigenvalue weighted by molar-refractivity contribution is 6.32. The summed E-state index contributed by atoms with van der Waals surface area (Å²) in [6.07, 6.45) is 2.21. The largest absolute Gasteiger partial charge is 0.340 e. The van der Waals surface area contributed by atoms with Crippen LogP contribution in [-0.4, -0.2) is 51.2 Å². The number of imide groups is 2. The number of aryl methyl sites for hydroxylation is 1. The van der Waals surface area contributed by atoms with Gasteiger partial charge in [0.15, 0.2) is 5.92 Å². The van der Waals surface area contributed by atoms with E-state index in [1.54, 1.807) is 18.2 Å². The molecule has 1 aliphatic rings. The fourth-order valence-electron chi connectivity index (χ4n) is 2.44. The molecule has 1 aromatic carbocycles. The molecule has 2 N–H and O–H groups in total. The number of rotatable bonds is 6. The molecule has 1 aliphatic heterocycles. The van der Waals surface area contributed by atoms with Gasteiger partial charge in [-0.15, -0.1) is 0 Å². The third-order valence-electron chi connectivity index (χ3n) is 3.68. The zero-order valence-corrected chi connectivity index (χ0v) is 14.2. The van der Waals surface area contributed by atoms with Crippen molar-refractivity contribution in [2.45, 2.75) is 13.3 Å². The fraction of sp³-hybridized carbons (Fsp3) is 0.412. The lowest BCUT2D eigenvalue weighted by molar-refractivity contribution is -0.858. The Hall–Kier alpha value is -2.54. The molecule has 24 heavy (non-hydrogen) atoms. The molecule has 0 radical (unpaired) electrons. The third-order valence-corrected chi connectivity index (χ3v) is 3.68. The summed E-state index contributed by atoms with van der Waals surface area (Å²) < 4.78 is 0. The van der Waals surface area contributed by atoms with Crippen LogP contribution < -0.4 is 15.1 Å². The third kappa shape index (κ3) is 4.26. The van der Waals surface area contributed by atoms with Gasteiger partial charge in [-0.3, -0.25) is 19.9 Å². The van der Waals surface area contributed by atoms with Gasteiger partial charge in [-0.2, -0.15) is 0 Å². The number of amides is 4. The maximum atomic E-state index is 12.6. The van der Waals surface area contributed by atoms with E-state index in [1.165, 1.54) is 11.1 Å². The van der Waals surface area contributed by atoms with E-state index in [2.05, 4.69) is 10.3 Å². The van der Waals surface area contributed by atoms with Crippen LogP contribution in [0.1, 0.15) is 12.0 Å². The molecule has 0 spiro atoms. The van der Waals surface area contributed by atoms with Crippen LogP contribution >= 0.6 is 0 Å². The molecule has 1 fully saturated rings. The van der Waals surface area contributed by atoms with E-state index in [1.807, 2.05) is 27.1 Å². The maximum absolute atomic E-state index is 12.6. The number of nitrogens with one attached hydrogen (secondary N) is 2. The predicted molar refractivity (Wildman–Crippen MR) is 91.3 cm³/mol. The average Bonchev–Trinajstić information content (AvgIpc) is 2.49. The predicted octanol–water partition coefficient (Wildman–Crippen LogP) is -0.201. The summed E-state index contributed by atoms with van der Waals surface area (Å²) >= 11 is 0. The van der Waals surface area contributed by atoms with Gasteiger partial charge >= 0.3 is 6.03 Å². The highest BCUT2D eigenvalue weighted by Gasteiger charge is 2.40. The number of aliphatic imine (C=N–C) groups is 1. The fourth-order valence-corrected chi connectivity index (χ4v) is 2.44. The van der Waals surface area contributed by atoms with Gasteiger partial charge in [0.25, 0.3) is 5.91 Å². The van der Waals surface area contributed by atoms with Crippen LogP contribution in [0.15, 0.2) is 29.3 Å². The minimum absolute atomic E-state index is 0.444. The number of anilines is 1. The topological polar surface area (TPSA) is 83.3 Å². The van der Waals surface area contributed by atoms with Crippen LogP contribution in [0.3, 0.4) is 0 Å². The molecule has 0 aliphatic carbocycles. The summed E-state index contributed by atoms with van der Waals surface area (Å²) in [5.41, 5.74) is 1.36. The number of carbonyl (C=O) groups is 3. The van der Waals surface area contributed by atoms with Crippen molar-refractivity contribution in [3.63, 3.8) is 0 Å². The minimum atomic E-state index is -1.07. The van der Waals surface area contributed by atoms with E-state index in [0.717, 1.165) is 23.4 Å². The molecule has 7 nitrogen and oxygen atoms in total. The van der Waals surface area contributed by atoms with Gasteiger partial charge in [0.2, 0.25) is 5.91 Å². The van der Waals surface area contributed by atoms with Crippen molar-refractivity contribution >= 4 is 29.7 Å². The standard InChI is InChI=1S/C17H22N4O3/c1-12-6-4-7-13(10-12)21-16(23)14(15(22)19-17(21)24)11-18-8-5-9-20(2)3/h4,6-7,10-11,14H,5,8-9H2,1-3H3,(H,19,22,24)/p+1/t14-/m1/s1. The first kappa shape index (κ1) is 17.8. The Morgan fingerprint density at radius 3 is 2.71 bits per heavy atom. The smallest absolute Gasteiger partial charge is 0.335 e. The molecule has 1 atom stereocenters. The van der Waals surface area contributed by atoms with Crippen molar-refractivity contribution in [3.05, 3.63) is 29.8 Å². The van der Waals surface area contributed by atoms with Gasteiger partial charge in [-0.05, 0) is 24.6 Å². The van der Waals surface area contributed by atoms with Crippen molar-refractivity contribution < 1.29 is 19.3 Å². The normalized spacial score (nSPS) is 18.6. The number of urea groups is 1. The van der Waals surface area contributed by atoms with Crippen LogP contribution in [0, 0.1) is 12.8 Å². The Balaban J connectivity index is 2.12. The number of quaternary nitrogens is 1. The van der Waals surface area contributed by atoms with E-state index >= 15 is 0 Å². The Kier molecular flexibility index (Phi) is 5.81. The molecule has 7 heteroatoms. The zero-order chi connectivity index (χ0) is 17.7. The average molecular weight is 331 g/mol. The number of hydrogen-bond donors (Lipinski definition) is 2. The molecular formula is C17H23N4O3+. The van der Waals surface area contributed by atoms with Crippen LogP contribution in [0.5, 0.6) is 0 Å². The number of nitrogens with zero attached hydrogens (tertiary/aromatic N) is 2. The molecule has 0 aromatic heterocycles. The van der Waals surface area contributed by atoms with Gasteiger partial charge in [0, 0.05) is 19.2 Å². The summed E-state index contributed by atoms with van der Waals surface area (Å²) in [5.74, 6) is -2.28. The van der Waals surface area contributed by atoms with E-state index in [-0.39, 0.29) is 0 Å². The summed E-state index contributed by atoms with van der Waals surface area (Å²) in [6, 6.07) is 6.29. The first-order valence-electron chi connectivity index (χ1n) is 7.94. The van der Waals surface area contributed by atoms with Gasteiger partial charge < -0.3 is 4.90 Å². The Labute approximate surface area is 141 Å². The first-order chi connectivity index (χ1) is 11.4. The monoisotopic (exact) mass is 331 g/mol. The molecule has 1 heterocycles. The van der Waals surface area contributed by atoms with E-state index in [4.69, 9.17) is 0 Å². The van der Waals surface area contributed by atoms with Gasteiger partial charge in [0.05, 0.1) is 26.3 Å². The van der Waals surface area contributed by atoms with Crippen molar-refractivity contribution in [2.24, 2.45) is 10.9 Å². The van der Waals surface area contributed by atoms with Crippen LogP contribution in [0.2, 0.25) is 0 Å². The van der Waals surface area contributed by atoms with Crippen molar-refractivity contribution in [2.75, 3.05) is 32.1 Å². The van der Waals surface area contributed by atoms with Crippen molar-refractivity contribution in [3.8, 4) is 0 Å². The summed E-state index contributed by atoms with van der Waals surface area (Å²) in [6.45, 7) is 3.36. The molecule has 0 unspecified atom stereocenters. The molecule has 1 aromatic rings. The lowest BCUT2D eigenvalue weighted by atomic mass is 10.1. The van der Waals surface area contributed by atoms with Crippen LogP contribution in [0.25, 0.3) is 0 Å². The van der Waals surface area contributed by atoms with Crippen LogP contribution in [-0.2, 0) is 9.59 Å². The zero-order valence-electron chi connectivity index (χ0n) is 14.2. The van der Waals surface area contributed by atoms with E-state index < -0.39 is 23.8 Å². The number of carbonyl (C=O) groups excluding carboxylic acids is 3. The molecular weight excluding hydrogens is 308 g/mol.